The van der Waals surface area contributed by atoms with Crippen LogP contribution in [0.5, 0.6) is 5.75 Å². The Kier molecular flexibility index (Phi) is 4.51. The third-order valence-corrected chi connectivity index (χ3v) is 4.01. The van der Waals surface area contributed by atoms with Crippen LogP contribution < -0.4 is 10.1 Å². The average Bonchev–Trinajstić information content (AvgIpc) is 2.54. The molecule has 3 rings (SSSR count). The highest BCUT2D eigenvalue weighted by Gasteiger charge is 2.22. The van der Waals surface area contributed by atoms with Crippen molar-refractivity contribution in [1.82, 2.24) is 10.3 Å². The van der Waals surface area contributed by atoms with Crippen molar-refractivity contribution in [2.45, 2.75) is 38.8 Å². The summed E-state index contributed by atoms with van der Waals surface area (Å²) in [5.41, 5.74) is 3.90. The number of rotatable bonds is 5. The first-order valence-corrected chi connectivity index (χ1v) is 7.76. The van der Waals surface area contributed by atoms with Crippen LogP contribution in [0.4, 0.5) is 0 Å². The second-order valence-electron chi connectivity index (χ2n) is 5.46. The van der Waals surface area contributed by atoms with E-state index in [0.29, 0.717) is 0 Å². The molecular weight excluding hydrogens is 260 g/mol. The number of hydrogen-bond acceptors (Lipinski definition) is 3. The zero-order chi connectivity index (χ0) is 14.5. The zero-order valence-electron chi connectivity index (χ0n) is 12.5. The molecule has 1 atom stereocenters. The number of aromatic nitrogens is 1. The largest absolute Gasteiger partial charge is 0.485 e. The molecule has 0 amide bonds. The minimum Gasteiger partial charge on any atom is -0.485 e. The molecule has 1 unspecified atom stereocenters. The summed E-state index contributed by atoms with van der Waals surface area (Å²) in [6, 6.07) is 10.6. The molecule has 0 saturated heterocycles. The van der Waals surface area contributed by atoms with Crippen LogP contribution in [0.1, 0.15) is 42.6 Å². The highest BCUT2D eigenvalue weighted by molar-refractivity contribution is 5.35. The number of hydrogen-bond donors (Lipinski definition) is 1. The molecular formula is C18H22N2O. The number of nitrogens with one attached hydrogen (secondary N) is 1. The molecule has 3 heteroatoms. The van der Waals surface area contributed by atoms with Crippen LogP contribution in [0.15, 0.2) is 42.7 Å². The molecule has 0 bridgehead atoms. The molecule has 1 N–H and O–H groups in total. The summed E-state index contributed by atoms with van der Waals surface area (Å²) in [6.45, 7) is 3.85. The van der Waals surface area contributed by atoms with Crippen molar-refractivity contribution in [3.63, 3.8) is 0 Å². The molecule has 0 aliphatic heterocycles. The van der Waals surface area contributed by atoms with Crippen molar-refractivity contribution in [2.75, 3.05) is 6.54 Å². The van der Waals surface area contributed by atoms with Crippen molar-refractivity contribution < 1.29 is 4.74 Å². The van der Waals surface area contributed by atoms with E-state index in [0.717, 1.165) is 37.2 Å². The number of benzene rings is 1. The van der Waals surface area contributed by atoms with E-state index in [2.05, 4.69) is 41.5 Å². The summed E-state index contributed by atoms with van der Waals surface area (Å²) in [6.07, 6.45) is 7.30. The summed E-state index contributed by atoms with van der Waals surface area (Å²) in [5, 5.41) is 3.34. The Bertz CT molecular complexity index is 597. The predicted octanol–water partition coefficient (Wildman–Crippen LogP) is 3.65. The lowest BCUT2D eigenvalue weighted by Gasteiger charge is -2.27. The van der Waals surface area contributed by atoms with E-state index < -0.39 is 0 Å². The van der Waals surface area contributed by atoms with Gasteiger partial charge in [-0.25, -0.2) is 0 Å². The SMILES string of the molecule is CCNCc1cnccc1OC1CCCc2ccccc21. The second-order valence-corrected chi connectivity index (χ2v) is 5.46. The van der Waals surface area contributed by atoms with E-state index in [4.69, 9.17) is 4.74 Å². The molecule has 1 aromatic heterocycles. The van der Waals surface area contributed by atoms with Crippen LogP contribution >= 0.6 is 0 Å². The Morgan fingerprint density at radius 1 is 1.29 bits per heavy atom. The van der Waals surface area contributed by atoms with Gasteiger partial charge >= 0.3 is 0 Å². The summed E-state index contributed by atoms with van der Waals surface area (Å²) >= 11 is 0. The molecule has 1 aromatic carbocycles. The van der Waals surface area contributed by atoms with Crippen molar-refractivity contribution in [3.8, 4) is 5.75 Å². The molecule has 1 aliphatic rings. The minimum atomic E-state index is 0.165. The number of nitrogens with zero attached hydrogens (tertiary/aromatic N) is 1. The van der Waals surface area contributed by atoms with Crippen molar-refractivity contribution in [2.24, 2.45) is 0 Å². The molecule has 0 saturated carbocycles. The molecule has 110 valence electrons. The summed E-state index contributed by atoms with van der Waals surface area (Å²) in [4.78, 5) is 4.22. The fraction of sp³-hybridized carbons (Fsp3) is 0.389. The van der Waals surface area contributed by atoms with Crippen molar-refractivity contribution in [1.29, 1.82) is 0 Å². The maximum absolute atomic E-state index is 6.33. The van der Waals surface area contributed by atoms with Crippen LogP contribution in [0.2, 0.25) is 0 Å². The number of fused-ring (bicyclic) bond motifs is 1. The van der Waals surface area contributed by atoms with Gasteiger partial charge in [-0.15, -0.1) is 0 Å². The first kappa shape index (κ1) is 14.1. The van der Waals surface area contributed by atoms with Gasteiger partial charge in [0.15, 0.2) is 0 Å². The summed E-state index contributed by atoms with van der Waals surface area (Å²) in [5.74, 6) is 0.952. The standard InChI is InChI=1S/C18H22N2O/c1-2-19-12-15-13-20-11-10-17(15)21-18-9-5-7-14-6-3-4-8-16(14)18/h3-4,6,8,10-11,13,18-19H,2,5,7,9,12H2,1H3. The maximum Gasteiger partial charge on any atom is 0.127 e. The number of aryl methyl sites for hydroxylation is 1. The first-order chi connectivity index (χ1) is 10.4. The van der Waals surface area contributed by atoms with Gasteiger partial charge in [-0.3, -0.25) is 4.98 Å². The molecule has 1 aliphatic carbocycles. The van der Waals surface area contributed by atoms with Gasteiger partial charge in [-0.2, -0.15) is 0 Å². The van der Waals surface area contributed by atoms with Gasteiger partial charge in [0.05, 0.1) is 0 Å². The molecule has 0 spiro atoms. The van der Waals surface area contributed by atoms with Gasteiger partial charge < -0.3 is 10.1 Å². The Hall–Kier alpha value is -1.87. The van der Waals surface area contributed by atoms with E-state index in [-0.39, 0.29) is 6.10 Å². The summed E-state index contributed by atoms with van der Waals surface area (Å²) in [7, 11) is 0. The van der Waals surface area contributed by atoms with E-state index in [1.807, 2.05) is 12.3 Å². The van der Waals surface area contributed by atoms with E-state index in [1.165, 1.54) is 17.5 Å². The molecule has 2 aromatic rings. The fourth-order valence-corrected chi connectivity index (χ4v) is 2.91. The van der Waals surface area contributed by atoms with Crippen LogP contribution in [0.25, 0.3) is 0 Å². The summed E-state index contributed by atoms with van der Waals surface area (Å²) < 4.78 is 6.33. The molecule has 0 fully saturated rings. The van der Waals surface area contributed by atoms with Gasteiger partial charge in [0.2, 0.25) is 0 Å². The normalized spacial score (nSPS) is 17.3. The van der Waals surface area contributed by atoms with Gasteiger partial charge in [-0.1, -0.05) is 31.2 Å². The Morgan fingerprint density at radius 2 is 2.19 bits per heavy atom. The third-order valence-electron chi connectivity index (χ3n) is 4.01. The molecule has 0 radical (unpaired) electrons. The van der Waals surface area contributed by atoms with Crippen LogP contribution in [-0.4, -0.2) is 11.5 Å². The van der Waals surface area contributed by atoms with Crippen LogP contribution in [0.3, 0.4) is 0 Å². The van der Waals surface area contributed by atoms with Gasteiger partial charge in [0, 0.05) is 24.5 Å². The Morgan fingerprint density at radius 3 is 3.10 bits per heavy atom. The average molecular weight is 282 g/mol. The molecule has 3 nitrogen and oxygen atoms in total. The topological polar surface area (TPSA) is 34.2 Å². The van der Waals surface area contributed by atoms with Crippen molar-refractivity contribution >= 4 is 0 Å². The highest BCUT2D eigenvalue weighted by Crippen LogP contribution is 2.34. The van der Waals surface area contributed by atoms with Crippen LogP contribution in [0, 0.1) is 0 Å². The van der Waals surface area contributed by atoms with Crippen LogP contribution in [-0.2, 0) is 13.0 Å². The van der Waals surface area contributed by atoms with E-state index >= 15 is 0 Å². The third kappa shape index (κ3) is 3.24. The smallest absolute Gasteiger partial charge is 0.127 e. The Labute approximate surface area is 126 Å². The second kappa shape index (κ2) is 6.72. The monoisotopic (exact) mass is 282 g/mol. The number of pyridine rings is 1. The lowest BCUT2D eigenvalue weighted by atomic mass is 9.89. The number of ether oxygens (including phenoxy) is 1. The highest BCUT2D eigenvalue weighted by atomic mass is 16.5. The van der Waals surface area contributed by atoms with Gasteiger partial charge in [0.25, 0.3) is 0 Å². The zero-order valence-corrected chi connectivity index (χ0v) is 12.5. The minimum absolute atomic E-state index is 0.165. The molecule has 21 heavy (non-hydrogen) atoms. The fourth-order valence-electron chi connectivity index (χ4n) is 2.91. The van der Waals surface area contributed by atoms with Crippen molar-refractivity contribution in [3.05, 3.63) is 59.4 Å². The lowest BCUT2D eigenvalue weighted by Crippen LogP contribution is -2.17. The van der Waals surface area contributed by atoms with Gasteiger partial charge in [-0.05, 0) is 43.0 Å². The van der Waals surface area contributed by atoms with Gasteiger partial charge in [0.1, 0.15) is 11.9 Å². The molecule has 1 heterocycles. The van der Waals surface area contributed by atoms with E-state index in [1.54, 1.807) is 6.20 Å². The Balaban J connectivity index is 1.81. The quantitative estimate of drug-likeness (QED) is 0.909. The predicted molar refractivity (Wildman–Crippen MR) is 84.4 cm³/mol. The lowest BCUT2D eigenvalue weighted by molar-refractivity contribution is 0.181. The maximum atomic E-state index is 6.33. The van der Waals surface area contributed by atoms with E-state index in [9.17, 15) is 0 Å². The first-order valence-electron chi connectivity index (χ1n) is 7.76.